The number of hydrogen-bond donors (Lipinski definition) is 3. The molecule has 0 spiro atoms. The molecule has 2 aromatic carbocycles. The zero-order valence-corrected chi connectivity index (χ0v) is 17.2. The Kier molecular flexibility index (Phi) is 7.38. The number of H-pyrrole nitrogens is 1. The Hall–Kier alpha value is -3.51. The summed E-state index contributed by atoms with van der Waals surface area (Å²) in [5, 5.41) is 21.2. The third-order valence-corrected chi connectivity index (χ3v) is 5.34. The highest BCUT2D eigenvalue weighted by Gasteiger charge is 2.38. The van der Waals surface area contributed by atoms with Gasteiger partial charge in [-0.3, -0.25) is 0 Å². The number of nitrogens with zero attached hydrogens (tertiary/aromatic N) is 2. The first-order valence-electron chi connectivity index (χ1n) is 10.1. The van der Waals surface area contributed by atoms with Gasteiger partial charge in [0.2, 0.25) is 0 Å². The Bertz CT molecular complexity index is 1100. The summed E-state index contributed by atoms with van der Waals surface area (Å²) in [4.78, 5) is 14.6. The molecule has 0 amide bonds. The molecule has 6 nitrogen and oxygen atoms in total. The van der Waals surface area contributed by atoms with Crippen LogP contribution in [0.1, 0.15) is 24.0 Å². The fraction of sp³-hybridized carbons (Fsp3) is 0.304. The lowest BCUT2D eigenvalue weighted by molar-refractivity contribution is -0.192. The number of fused-ring (bicyclic) bond motifs is 1. The van der Waals surface area contributed by atoms with Gasteiger partial charge in [0.25, 0.3) is 0 Å². The number of carbonyl (C=O) groups is 1. The number of rotatable bonds is 4. The number of alkyl halides is 3. The highest BCUT2D eigenvalue weighted by atomic mass is 19.4. The predicted octanol–water partition coefficient (Wildman–Crippen LogP) is 4.43. The van der Waals surface area contributed by atoms with Crippen LogP contribution < -0.4 is 10.2 Å². The molecule has 1 aliphatic rings. The first kappa shape index (κ1) is 23.2. The molecule has 0 saturated carbocycles. The number of aromatic amines is 1. The smallest absolute Gasteiger partial charge is 0.475 e. The van der Waals surface area contributed by atoms with Gasteiger partial charge in [0.05, 0.1) is 11.6 Å². The van der Waals surface area contributed by atoms with Gasteiger partial charge in [-0.05, 0) is 61.8 Å². The maximum atomic E-state index is 10.6. The second-order valence-corrected chi connectivity index (χ2v) is 7.43. The molecule has 0 aliphatic carbocycles. The van der Waals surface area contributed by atoms with Crippen LogP contribution in [0.25, 0.3) is 10.9 Å². The lowest BCUT2D eigenvalue weighted by Crippen LogP contribution is -2.43. The maximum Gasteiger partial charge on any atom is 0.490 e. The number of benzene rings is 2. The van der Waals surface area contributed by atoms with Gasteiger partial charge >= 0.3 is 12.1 Å². The molecule has 2 heterocycles. The number of nitriles is 1. The van der Waals surface area contributed by atoms with Crippen molar-refractivity contribution in [3.8, 4) is 6.07 Å². The molecule has 0 radical (unpaired) electrons. The monoisotopic (exact) mass is 444 g/mol. The van der Waals surface area contributed by atoms with Gasteiger partial charge < -0.3 is 20.3 Å². The zero-order valence-electron chi connectivity index (χ0n) is 17.2. The van der Waals surface area contributed by atoms with E-state index in [4.69, 9.17) is 9.90 Å². The summed E-state index contributed by atoms with van der Waals surface area (Å²) < 4.78 is 31.7. The third kappa shape index (κ3) is 5.80. The molecule has 9 heteroatoms. The number of anilines is 1. The number of carboxylic acid groups (broad SMARTS) is 1. The van der Waals surface area contributed by atoms with Gasteiger partial charge in [-0.25, -0.2) is 4.79 Å². The predicted molar refractivity (Wildman–Crippen MR) is 115 cm³/mol. The van der Waals surface area contributed by atoms with Crippen LogP contribution in [0.2, 0.25) is 0 Å². The number of piperidine rings is 1. The van der Waals surface area contributed by atoms with Crippen molar-refractivity contribution in [3.63, 3.8) is 0 Å². The molecule has 1 aromatic heterocycles. The van der Waals surface area contributed by atoms with E-state index in [0.29, 0.717) is 6.04 Å². The van der Waals surface area contributed by atoms with E-state index >= 15 is 0 Å². The Morgan fingerprint density at radius 3 is 2.50 bits per heavy atom. The molecule has 1 fully saturated rings. The van der Waals surface area contributed by atoms with E-state index in [1.807, 2.05) is 24.4 Å². The standard InChI is InChI=1S/C21H22N4.C2HF3O2/c22-14-17-3-1-2-4-18(17)15-25(19-8-10-23-11-9-19)20-5-6-21-16(13-20)7-12-24-21;3-2(4,5)1(6)7/h1-7,12-13,19,23-24H,8-11,15H2;(H,6,7). The lowest BCUT2D eigenvalue weighted by atomic mass is 10.0. The second kappa shape index (κ2) is 10.2. The van der Waals surface area contributed by atoms with Crippen LogP contribution in [0.5, 0.6) is 0 Å². The first-order chi connectivity index (χ1) is 15.3. The van der Waals surface area contributed by atoms with Crippen LogP contribution in [0, 0.1) is 11.3 Å². The van der Waals surface area contributed by atoms with E-state index in [-0.39, 0.29) is 0 Å². The first-order valence-corrected chi connectivity index (χ1v) is 10.1. The lowest BCUT2D eigenvalue weighted by Gasteiger charge is -2.37. The Labute approximate surface area is 183 Å². The average Bonchev–Trinajstić information content (AvgIpc) is 3.26. The normalized spacial score (nSPS) is 14.3. The highest BCUT2D eigenvalue weighted by molar-refractivity contribution is 5.83. The zero-order chi connectivity index (χ0) is 23.1. The molecule has 168 valence electrons. The summed E-state index contributed by atoms with van der Waals surface area (Å²) in [5.74, 6) is -2.76. The third-order valence-electron chi connectivity index (χ3n) is 5.34. The molecule has 1 aliphatic heterocycles. The highest BCUT2D eigenvalue weighted by Crippen LogP contribution is 2.28. The molecule has 1 saturated heterocycles. The van der Waals surface area contributed by atoms with Crippen LogP contribution in [0.3, 0.4) is 0 Å². The number of hydrogen-bond acceptors (Lipinski definition) is 4. The van der Waals surface area contributed by atoms with Crippen LogP contribution in [0.15, 0.2) is 54.7 Å². The van der Waals surface area contributed by atoms with E-state index in [2.05, 4.69) is 51.6 Å². The van der Waals surface area contributed by atoms with Crippen LogP contribution in [0.4, 0.5) is 18.9 Å². The van der Waals surface area contributed by atoms with Gasteiger partial charge in [-0.2, -0.15) is 18.4 Å². The van der Waals surface area contributed by atoms with Crippen molar-refractivity contribution in [1.82, 2.24) is 10.3 Å². The van der Waals surface area contributed by atoms with Crippen molar-refractivity contribution >= 4 is 22.6 Å². The summed E-state index contributed by atoms with van der Waals surface area (Å²) in [6.45, 7) is 2.87. The van der Waals surface area contributed by atoms with Crippen LogP contribution in [-0.2, 0) is 11.3 Å². The Balaban J connectivity index is 0.000000360. The van der Waals surface area contributed by atoms with Crippen molar-refractivity contribution in [2.75, 3.05) is 18.0 Å². The number of carboxylic acids is 1. The molecule has 3 N–H and O–H groups in total. The largest absolute Gasteiger partial charge is 0.490 e. The molecule has 0 atom stereocenters. The van der Waals surface area contributed by atoms with Crippen molar-refractivity contribution < 1.29 is 23.1 Å². The van der Waals surface area contributed by atoms with E-state index in [1.54, 1.807) is 0 Å². The van der Waals surface area contributed by atoms with Crippen LogP contribution in [-0.4, -0.2) is 41.4 Å². The van der Waals surface area contributed by atoms with Gasteiger partial charge in [0.1, 0.15) is 0 Å². The van der Waals surface area contributed by atoms with Gasteiger partial charge in [0, 0.05) is 35.4 Å². The van der Waals surface area contributed by atoms with Crippen molar-refractivity contribution in [2.24, 2.45) is 0 Å². The fourth-order valence-corrected chi connectivity index (χ4v) is 3.72. The summed E-state index contributed by atoms with van der Waals surface area (Å²) in [6, 6.07) is 19.5. The molecule has 3 aromatic rings. The average molecular weight is 444 g/mol. The minimum atomic E-state index is -5.08. The summed E-state index contributed by atoms with van der Waals surface area (Å²) in [6.07, 6.45) is -0.853. The molecular weight excluding hydrogens is 421 g/mol. The molecule has 4 rings (SSSR count). The SMILES string of the molecule is N#Cc1ccccc1CN(c1ccc2[nH]ccc2c1)C1CCNCC1.O=C(O)C(F)(F)F. The Morgan fingerprint density at radius 1 is 1.16 bits per heavy atom. The van der Waals surface area contributed by atoms with Gasteiger partial charge in [0.15, 0.2) is 0 Å². The number of aromatic nitrogens is 1. The number of aliphatic carboxylic acids is 1. The fourth-order valence-electron chi connectivity index (χ4n) is 3.72. The second-order valence-electron chi connectivity index (χ2n) is 7.43. The van der Waals surface area contributed by atoms with Crippen molar-refractivity contribution in [2.45, 2.75) is 31.6 Å². The molecule has 0 bridgehead atoms. The van der Waals surface area contributed by atoms with E-state index < -0.39 is 12.1 Å². The molecule has 32 heavy (non-hydrogen) atoms. The van der Waals surface area contributed by atoms with E-state index in [9.17, 15) is 18.4 Å². The maximum absolute atomic E-state index is 10.6. The quantitative estimate of drug-likeness (QED) is 0.554. The van der Waals surface area contributed by atoms with E-state index in [0.717, 1.165) is 49.1 Å². The number of halogens is 3. The van der Waals surface area contributed by atoms with Crippen molar-refractivity contribution in [1.29, 1.82) is 5.26 Å². The summed E-state index contributed by atoms with van der Waals surface area (Å²) >= 11 is 0. The molecular formula is C23H23F3N4O2. The molecule has 0 unspecified atom stereocenters. The summed E-state index contributed by atoms with van der Waals surface area (Å²) in [7, 11) is 0. The van der Waals surface area contributed by atoms with Gasteiger partial charge in [-0.1, -0.05) is 18.2 Å². The van der Waals surface area contributed by atoms with Gasteiger partial charge in [-0.15, -0.1) is 0 Å². The minimum Gasteiger partial charge on any atom is -0.475 e. The Morgan fingerprint density at radius 2 is 1.84 bits per heavy atom. The van der Waals surface area contributed by atoms with Crippen LogP contribution >= 0.6 is 0 Å². The topological polar surface area (TPSA) is 92.2 Å². The minimum absolute atomic E-state index is 0.490. The number of nitrogens with one attached hydrogen (secondary N) is 2. The summed E-state index contributed by atoms with van der Waals surface area (Å²) in [5.41, 5.74) is 4.25. The van der Waals surface area contributed by atoms with E-state index in [1.165, 1.54) is 11.1 Å². The van der Waals surface area contributed by atoms with Crippen molar-refractivity contribution in [3.05, 3.63) is 65.9 Å².